The highest BCUT2D eigenvalue weighted by Gasteiger charge is 2.22. The first-order chi connectivity index (χ1) is 7.42. The summed E-state index contributed by atoms with van der Waals surface area (Å²) in [7, 11) is 0. The second kappa shape index (κ2) is 5.10. The lowest BCUT2D eigenvalue weighted by Crippen LogP contribution is -2.45. The minimum Gasteiger partial charge on any atom is -0.314 e. The van der Waals surface area contributed by atoms with Gasteiger partial charge in [0.15, 0.2) is 0 Å². The maximum Gasteiger partial charge on any atom is 0.0482 e. The summed E-state index contributed by atoms with van der Waals surface area (Å²) >= 11 is 0. The molecule has 2 heteroatoms. The van der Waals surface area contributed by atoms with Gasteiger partial charge in [-0.25, -0.2) is 0 Å². The number of benzene rings is 1. The van der Waals surface area contributed by atoms with Crippen LogP contribution in [0, 0.1) is 6.07 Å². The van der Waals surface area contributed by atoms with Crippen molar-refractivity contribution in [1.29, 1.82) is 0 Å². The van der Waals surface area contributed by atoms with Crippen LogP contribution in [-0.2, 0) is 0 Å². The summed E-state index contributed by atoms with van der Waals surface area (Å²) in [6.07, 6.45) is 1.97. The number of hydrogen-bond donors (Lipinski definition) is 1. The molecule has 1 fully saturated rings. The van der Waals surface area contributed by atoms with Crippen LogP contribution in [0.5, 0.6) is 0 Å². The van der Waals surface area contributed by atoms with Gasteiger partial charge >= 0.3 is 0 Å². The van der Waals surface area contributed by atoms with Gasteiger partial charge in [0.2, 0.25) is 0 Å². The number of rotatable bonds is 3. The molecule has 1 aromatic rings. The summed E-state index contributed by atoms with van der Waals surface area (Å²) in [6, 6.07) is 12.0. The summed E-state index contributed by atoms with van der Waals surface area (Å²) in [5.41, 5.74) is 1.27. The number of nitrogens with zero attached hydrogens (tertiary/aromatic N) is 1. The van der Waals surface area contributed by atoms with Crippen molar-refractivity contribution < 1.29 is 0 Å². The van der Waals surface area contributed by atoms with Gasteiger partial charge in [-0.2, -0.15) is 0 Å². The first kappa shape index (κ1) is 10.4. The zero-order chi connectivity index (χ0) is 10.5. The monoisotopic (exact) mass is 201 g/mol. The van der Waals surface area contributed by atoms with Crippen LogP contribution in [0.1, 0.15) is 11.6 Å². The highest BCUT2D eigenvalue weighted by molar-refractivity contribution is 5.18. The fourth-order valence-corrected chi connectivity index (χ4v) is 2.05. The second-order valence-electron chi connectivity index (χ2n) is 3.82. The second-order valence-corrected chi connectivity index (χ2v) is 3.82. The van der Waals surface area contributed by atoms with E-state index in [4.69, 9.17) is 0 Å². The van der Waals surface area contributed by atoms with Crippen molar-refractivity contribution in [2.24, 2.45) is 0 Å². The van der Waals surface area contributed by atoms with Gasteiger partial charge in [-0.05, 0) is 11.6 Å². The Hall–Kier alpha value is -1.12. The maximum atomic E-state index is 3.81. The van der Waals surface area contributed by atoms with Gasteiger partial charge in [-0.1, -0.05) is 30.3 Å². The lowest BCUT2D eigenvalue weighted by molar-refractivity contribution is 0.180. The lowest BCUT2D eigenvalue weighted by atomic mass is 10.0. The van der Waals surface area contributed by atoms with Gasteiger partial charge in [0, 0.05) is 32.2 Å². The Morgan fingerprint density at radius 2 is 2.53 bits per heavy atom. The summed E-state index contributed by atoms with van der Waals surface area (Å²) in [5, 5.41) is 3.43. The van der Waals surface area contributed by atoms with E-state index in [0.29, 0.717) is 6.04 Å². The van der Waals surface area contributed by atoms with E-state index < -0.39 is 0 Å². The Kier molecular flexibility index (Phi) is 3.54. The average Bonchev–Trinajstić information content (AvgIpc) is 2.31. The molecule has 2 nitrogen and oxygen atoms in total. The SMILES string of the molecule is C=CCN1CCNCC1c1[c]cccc1. The van der Waals surface area contributed by atoms with Gasteiger partial charge < -0.3 is 5.32 Å². The highest BCUT2D eigenvalue weighted by atomic mass is 15.2. The molecule has 2 rings (SSSR count). The molecule has 0 saturated carbocycles. The number of hydrogen-bond acceptors (Lipinski definition) is 2. The Bertz CT molecular complexity index is 308. The number of piperazine rings is 1. The van der Waals surface area contributed by atoms with Gasteiger partial charge in [0.1, 0.15) is 0 Å². The smallest absolute Gasteiger partial charge is 0.0482 e. The van der Waals surface area contributed by atoms with Gasteiger partial charge in [-0.3, -0.25) is 4.90 Å². The van der Waals surface area contributed by atoms with Crippen LogP contribution in [0.2, 0.25) is 0 Å². The van der Waals surface area contributed by atoms with E-state index in [0.717, 1.165) is 26.2 Å². The molecule has 1 unspecified atom stereocenters. The molecule has 1 aliphatic rings. The molecule has 1 saturated heterocycles. The van der Waals surface area contributed by atoms with Crippen LogP contribution >= 0.6 is 0 Å². The van der Waals surface area contributed by atoms with Gasteiger partial charge in [0.05, 0.1) is 0 Å². The largest absolute Gasteiger partial charge is 0.314 e. The fraction of sp³-hybridized carbons (Fsp3) is 0.385. The molecule has 0 aliphatic carbocycles. The molecular formula is C13H17N2. The van der Waals surface area contributed by atoms with Crippen molar-refractivity contribution in [2.45, 2.75) is 6.04 Å². The lowest BCUT2D eigenvalue weighted by Gasteiger charge is -2.35. The van der Waals surface area contributed by atoms with Crippen LogP contribution < -0.4 is 5.32 Å². The predicted octanol–water partition coefficient (Wildman–Crippen LogP) is 1.62. The Labute approximate surface area is 91.6 Å². The van der Waals surface area contributed by atoms with E-state index in [1.54, 1.807) is 0 Å². The first-order valence-corrected chi connectivity index (χ1v) is 5.44. The zero-order valence-corrected chi connectivity index (χ0v) is 8.95. The highest BCUT2D eigenvalue weighted by Crippen LogP contribution is 2.20. The van der Waals surface area contributed by atoms with Crippen LogP contribution in [0.25, 0.3) is 0 Å². The molecule has 79 valence electrons. The molecule has 0 amide bonds. The minimum absolute atomic E-state index is 0.443. The van der Waals surface area contributed by atoms with Crippen molar-refractivity contribution >= 4 is 0 Å². The van der Waals surface area contributed by atoms with Crippen LogP contribution in [0.15, 0.2) is 36.9 Å². The molecule has 1 aliphatic heterocycles. The predicted molar refractivity (Wildman–Crippen MR) is 62.7 cm³/mol. The third-order valence-electron chi connectivity index (χ3n) is 2.81. The van der Waals surface area contributed by atoms with Crippen molar-refractivity contribution in [3.8, 4) is 0 Å². The third-order valence-corrected chi connectivity index (χ3v) is 2.81. The van der Waals surface area contributed by atoms with E-state index in [9.17, 15) is 0 Å². The minimum atomic E-state index is 0.443. The topological polar surface area (TPSA) is 15.3 Å². The quantitative estimate of drug-likeness (QED) is 0.748. The Balaban J connectivity index is 2.14. The summed E-state index contributed by atoms with van der Waals surface area (Å²) in [6.45, 7) is 7.92. The van der Waals surface area contributed by atoms with E-state index in [1.165, 1.54) is 5.56 Å². The van der Waals surface area contributed by atoms with E-state index >= 15 is 0 Å². The summed E-state index contributed by atoms with van der Waals surface area (Å²) in [4.78, 5) is 2.44. The van der Waals surface area contributed by atoms with Crippen LogP contribution in [-0.4, -0.2) is 31.1 Å². The molecule has 0 spiro atoms. The van der Waals surface area contributed by atoms with Crippen LogP contribution in [0.4, 0.5) is 0 Å². The molecule has 1 aromatic carbocycles. The fourth-order valence-electron chi connectivity index (χ4n) is 2.05. The molecule has 1 heterocycles. The number of nitrogens with one attached hydrogen (secondary N) is 1. The Morgan fingerprint density at radius 3 is 3.27 bits per heavy atom. The van der Waals surface area contributed by atoms with Crippen molar-refractivity contribution in [3.05, 3.63) is 48.6 Å². The molecule has 1 atom stereocenters. The first-order valence-electron chi connectivity index (χ1n) is 5.44. The van der Waals surface area contributed by atoms with E-state index in [1.807, 2.05) is 18.2 Å². The normalized spacial score (nSPS) is 22.5. The van der Waals surface area contributed by atoms with Gasteiger partial charge in [0.25, 0.3) is 0 Å². The van der Waals surface area contributed by atoms with Crippen molar-refractivity contribution in [3.63, 3.8) is 0 Å². The molecule has 1 radical (unpaired) electrons. The van der Waals surface area contributed by atoms with Crippen molar-refractivity contribution in [1.82, 2.24) is 10.2 Å². The molecule has 1 N–H and O–H groups in total. The van der Waals surface area contributed by atoms with E-state index in [-0.39, 0.29) is 0 Å². The molecule has 0 bridgehead atoms. The molecule has 15 heavy (non-hydrogen) atoms. The molecular weight excluding hydrogens is 184 g/mol. The van der Waals surface area contributed by atoms with Crippen molar-refractivity contribution in [2.75, 3.05) is 26.2 Å². The summed E-state index contributed by atoms with van der Waals surface area (Å²) < 4.78 is 0. The van der Waals surface area contributed by atoms with E-state index in [2.05, 4.69) is 35.0 Å². The standard InChI is InChI=1S/C13H17N2/c1-2-9-15-10-8-14-11-13(15)12-6-4-3-5-7-12/h2-6,13-14H,1,8-11H2. The molecule has 0 aromatic heterocycles. The maximum absolute atomic E-state index is 3.81. The Morgan fingerprint density at radius 1 is 1.60 bits per heavy atom. The van der Waals surface area contributed by atoms with Crippen LogP contribution in [0.3, 0.4) is 0 Å². The average molecular weight is 201 g/mol. The third kappa shape index (κ3) is 2.46. The summed E-state index contributed by atoms with van der Waals surface area (Å²) in [5.74, 6) is 0. The zero-order valence-electron chi connectivity index (χ0n) is 8.95. The van der Waals surface area contributed by atoms with Gasteiger partial charge in [-0.15, -0.1) is 6.58 Å².